The minimum Gasteiger partial charge on any atom is -0.326 e. The minimum absolute atomic E-state index is 0.0695. The molecule has 102 valence electrons. The predicted octanol–water partition coefficient (Wildman–Crippen LogP) is 2.91. The van der Waals surface area contributed by atoms with Gasteiger partial charge in [0.1, 0.15) is 0 Å². The number of anilines is 1. The lowest BCUT2D eigenvalue weighted by Gasteiger charge is -2.05. The van der Waals surface area contributed by atoms with E-state index in [-0.39, 0.29) is 5.91 Å². The van der Waals surface area contributed by atoms with Crippen molar-refractivity contribution in [2.24, 2.45) is 5.73 Å². The van der Waals surface area contributed by atoms with Crippen LogP contribution in [0.1, 0.15) is 44.6 Å². The first-order valence-corrected chi connectivity index (χ1v) is 6.85. The highest BCUT2D eigenvalue weighted by Gasteiger charge is 2.02. The van der Waals surface area contributed by atoms with E-state index in [1.54, 1.807) is 0 Å². The molecule has 3 N–H and O–H groups in total. The van der Waals surface area contributed by atoms with Gasteiger partial charge in [-0.05, 0) is 24.6 Å². The molecule has 0 saturated heterocycles. The number of rotatable bonds is 6. The van der Waals surface area contributed by atoms with Crippen LogP contribution in [0.2, 0.25) is 0 Å². The van der Waals surface area contributed by atoms with Crippen molar-refractivity contribution in [1.29, 1.82) is 0 Å². The van der Waals surface area contributed by atoms with Crippen LogP contribution in [0.3, 0.4) is 0 Å². The smallest absolute Gasteiger partial charge is 0.224 e. The number of benzene rings is 1. The minimum atomic E-state index is 0.0695. The molecule has 0 heterocycles. The van der Waals surface area contributed by atoms with Gasteiger partial charge in [0.05, 0.1) is 6.54 Å². The molecule has 1 aromatic carbocycles. The molecular weight excluding hydrogens is 236 g/mol. The fraction of sp³-hybridized carbons (Fsp3) is 0.438. The predicted molar refractivity (Wildman–Crippen MR) is 79.8 cm³/mol. The zero-order valence-corrected chi connectivity index (χ0v) is 11.5. The number of nitrogens with one attached hydrogen (secondary N) is 1. The molecule has 1 aromatic rings. The van der Waals surface area contributed by atoms with E-state index in [1.165, 1.54) is 12.8 Å². The van der Waals surface area contributed by atoms with Crippen LogP contribution in [0, 0.1) is 11.8 Å². The van der Waals surface area contributed by atoms with Gasteiger partial charge in [-0.25, -0.2) is 0 Å². The molecule has 19 heavy (non-hydrogen) atoms. The highest BCUT2D eigenvalue weighted by molar-refractivity contribution is 5.90. The fourth-order valence-electron chi connectivity index (χ4n) is 1.76. The molecule has 1 rings (SSSR count). The largest absolute Gasteiger partial charge is 0.326 e. The number of hydrogen-bond donors (Lipinski definition) is 2. The third-order valence-corrected chi connectivity index (χ3v) is 2.74. The van der Waals surface area contributed by atoms with Crippen LogP contribution < -0.4 is 11.1 Å². The van der Waals surface area contributed by atoms with Crippen molar-refractivity contribution in [2.45, 2.75) is 39.0 Å². The summed E-state index contributed by atoms with van der Waals surface area (Å²) < 4.78 is 0. The van der Waals surface area contributed by atoms with Crippen molar-refractivity contribution in [2.75, 3.05) is 11.9 Å². The van der Waals surface area contributed by atoms with E-state index in [0.717, 1.165) is 24.1 Å². The Morgan fingerprint density at radius 1 is 1.32 bits per heavy atom. The van der Waals surface area contributed by atoms with E-state index < -0.39 is 0 Å². The lowest BCUT2D eigenvalue weighted by Crippen LogP contribution is -2.11. The summed E-state index contributed by atoms with van der Waals surface area (Å²) in [4.78, 5) is 11.7. The van der Waals surface area contributed by atoms with Crippen molar-refractivity contribution < 1.29 is 4.79 Å². The van der Waals surface area contributed by atoms with Crippen LogP contribution in [-0.2, 0) is 4.79 Å². The maximum atomic E-state index is 11.7. The Morgan fingerprint density at radius 3 is 2.89 bits per heavy atom. The van der Waals surface area contributed by atoms with Gasteiger partial charge in [0, 0.05) is 17.7 Å². The standard InChI is InChI=1S/C16H22N2O/c1-2-3-4-5-11-16(19)18-15-10-6-8-14(13-15)9-7-12-17/h6,8,10,13H,2-5,11-12,17H2,1H3,(H,18,19). The number of amides is 1. The van der Waals surface area contributed by atoms with Crippen molar-refractivity contribution in [3.63, 3.8) is 0 Å². The first-order chi connectivity index (χ1) is 9.26. The van der Waals surface area contributed by atoms with Gasteiger partial charge in [-0.1, -0.05) is 44.1 Å². The number of unbranched alkanes of at least 4 members (excludes halogenated alkanes) is 3. The molecule has 0 spiro atoms. The Hall–Kier alpha value is -1.79. The zero-order chi connectivity index (χ0) is 13.9. The fourth-order valence-corrected chi connectivity index (χ4v) is 1.76. The summed E-state index contributed by atoms with van der Waals surface area (Å²) in [6.07, 6.45) is 5.03. The van der Waals surface area contributed by atoms with Gasteiger partial charge in [-0.15, -0.1) is 0 Å². The summed E-state index contributed by atoms with van der Waals surface area (Å²) in [5.41, 5.74) is 7.00. The van der Waals surface area contributed by atoms with Gasteiger partial charge in [-0.3, -0.25) is 4.79 Å². The summed E-state index contributed by atoms with van der Waals surface area (Å²) in [5, 5.41) is 2.90. The lowest BCUT2D eigenvalue weighted by molar-refractivity contribution is -0.116. The van der Waals surface area contributed by atoms with Crippen molar-refractivity contribution in [3.8, 4) is 11.8 Å². The molecule has 0 radical (unpaired) electrons. The maximum Gasteiger partial charge on any atom is 0.224 e. The third kappa shape index (κ3) is 6.64. The number of carbonyl (C=O) groups excluding carboxylic acids is 1. The Bertz CT molecular complexity index is 457. The molecule has 0 atom stereocenters. The second kappa shape index (κ2) is 9.18. The summed E-state index contributed by atoms with van der Waals surface area (Å²) in [6, 6.07) is 7.52. The van der Waals surface area contributed by atoms with E-state index in [1.807, 2.05) is 24.3 Å². The van der Waals surface area contributed by atoms with Gasteiger partial charge in [0.15, 0.2) is 0 Å². The summed E-state index contributed by atoms with van der Waals surface area (Å²) in [5.74, 6) is 5.82. The molecule has 3 nitrogen and oxygen atoms in total. The van der Waals surface area contributed by atoms with E-state index in [0.29, 0.717) is 13.0 Å². The molecule has 0 aliphatic heterocycles. The third-order valence-electron chi connectivity index (χ3n) is 2.74. The van der Waals surface area contributed by atoms with Crippen LogP contribution in [0.5, 0.6) is 0 Å². The Labute approximate surface area is 115 Å². The first kappa shape index (κ1) is 15.3. The molecule has 0 aromatic heterocycles. The number of carbonyl (C=O) groups is 1. The van der Waals surface area contributed by atoms with E-state index in [9.17, 15) is 4.79 Å². The van der Waals surface area contributed by atoms with Crippen molar-refractivity contribution in [3.05, 3.63) is 29.8 Å². The molecule has 0 bridgehead atoms. The lowest BCUT2D eigenvalue weighted by atomic mass is 10.1. The molecule has 0 saturated carbocycles. The summed E-state index contributed by atoms with van der Waals surface area (Å²) in [7, 11) is 0. The van der Waals surface area contributed by atoms with Crippen LogP contribution in [0.15, 0.2) is 24.3 Å². The van der Waals surface area contributed by atoms with Crippen molar-refractivity contribution >= 4 is 11.6 Å². The monoisotopic (exact) mass is 258 g/mol. The molecule has 0 aliphatic rings. The van der Waals surface area contributed by atoms with Gasteiger partial charge in [-0.2, -0.15) is 0 Å². The quantitative estimate of drug-likeness (QED) is 0.609. The van der Waals surface area contributed by atoms with E-state index >= 15 is 0 Å². The average molecular weight is 258 g/mol. The second-order valence-corrected chi connectivity index (χ2v) is 4.45. The highest BCUT2D eigenvalue weighted by atomic mass is 16.1. The van der Waals surface area contributed by atoms with Gasteiger partial charge in [0.25, 0.3) is 0 Å². The SMILES string of the molecule is CCCCCCC(=O)Nc1cccc(C#CCN)c1. The van der Waals surface area contributed by atoms with Gasteiger partial charge < -0.3 is 11.1 Å². The normalized spacial score (nSPS) is 9.58. The Kier molecular flexibility index (Phi) is 7.38. The molecule has 0 unspecified atom stereocenters. The number of nitrogens with two attached hydrogens (primary N) is 1. The molecule has 3 heteroatoms. The first-order valence-electron chi connectivity index (χ1n) is 6.85. The second-order valence-electron chi connectivity index (χ2n) is 4.45. The number of hydrogen-bond acceptors (Lipinski definition) is 2. The van der Waals surface area contributed by atoms with Crippen LogP contribution in [-0.4, -0.2) is 12.5 Å². The molecule has 0 aliphatic carbocycles. The topological polar surface area (TPSA) is 55.1 Å². The molecule has 0 fully saturated rings. The molecular formula is C16H22N2O. The molecule has 1 amide bonds. The average Bonchev–Trinajstić information content (AvgIpc) is 2.42. The van der Waals surface area contributed by atoms with Crippen molar-refractivity contribution in [1.82, 2.24) is 0 Å². The van der Waals surface area contributed by atoms with Gasteiger partial charge in [0.2, 0.25) is 5.91 Å². The van der Waals surface area contributed by atoms with Crippen LogP contribution in [0.25, 0.3) is 0 Å². The van der Waals surface area contributed by atoms with Gasteiger partial charge >= 0.3 is 0 Å². The van der Waals surface area contributed by atoms with Crippen LogP contribution in [0.4, 0.5) is 5.69 Å². The highest BCUT2D eigenvalue weighted by Crippen LogP contribution is 2.11. The Morgan fingerprint density at radius 2 is 2.16 bits per heavy atom. The Balaban J connectivity index is 2.45. The zero-order valence-electron chi connectivity index (χ0n) is 11.5. The maximum absolute atomic E-state index is 11.7. The van der Waals surface area contributed by atoms with Crippen LogP contribution >= 0.6 is 0 Å². The van der Waals surface area contributed by atoms with E-state index in [4.69, 9.17) is 5.73 Å². The summed E-state index contributed by atoms with van der Waals surface area (Å²) in [6.45, 7) is 2.50. The summed E-state index contributed by atoms with van der Waals surface area (Å²) >= 11 is 0. The van der Waals surface area contributed by atoms with E-state index in [2.05, 4.69) is 24.1 Å².